The molecule has 0 N–H and O–H groups in total. The lowest BCUT2D eigenvalue weighted by Gasteiger charge is -2.25. The molecule has 0 radical (unpaired) electrons. The number of benzene rings is 1. The minimum atomic E-state index is -0.317. The maximum atomic E-state index is 12.5. The van der Waals surface area contributed by atoms with Crippen LogP contribution in [0.5, 0.6) is 0 Å². The first kappa shape index (κ1) is 16.2. The summed E-state index contributed by atoms with van der Waals surface area (Å²) in [6.07, 6.45) is 0.736. The van der Waals surface area contributed by atoms with Gasteiger partial charge in [0.25, 0.3) is 0 Å². The summed E-state index contributed by atoms with van der Waals surface area (Å²) in [4.78, 5) is 25.5. The Hall–Kier alpha value is -1.84. The third kappa shape index (κ3) is 4.08. The number of carbonyl (C=O) groups is 2. The molecule has 0 aromatic heterocycles. The van der Waals surface area contributed by atoms with Crippen molar-refractivity contribution in [1.29, 1.82) is 0 Å². The Morgan fingerprint density at radius 3 is 2.35 bits per heavy atom. The van der Waals surface area contributed by atoms with E-state index in [0.717, 1.165) is 12.0 Å². The molecule has 2 atom stereocenters. The molecule has 1 aromatic rings. The molecule has 1 aromatic carbocycles. The standard InChI is InChI=1S/C16H23NO3/c1-5-14(13-9-7-6-8-10-13)15(18)17(3)11-12(2)16(19)20-4/h6-10,12,14H,5,11H2,1-4H3. The van der Waals surface area contributed by atoms with Crippen molar-refractivity contribution in [1.82, 2.24) is 4.90 Å². The lowest BCUT2D eigenvalue weighted by atomic mass is 9.95. The lowest BCUT2D eigenvalue weighted by molar-refractivity contribution is -0.146. The van der Waals surface area contributed by atoms with Gasteiger partial charge in [0.2, 0.25) is 5.91 Å². The van der Waals surface area contributed by atoms with E-state index in [2.05, 4.69) is 4.74 Å². The smallest absolute Gasteiger partial charge is 0.310 e. The van der Waals surface area contributed by atoms with Gasteiger partial charge in [0.15, 0.2) is 0 Å². The second-order valence-corrected chi connectivity index (χ2v) is 5.01. The highest BCUT2D eigenvalue weighted by molar-refractivity contribution is 5.84. The fourth-order valence-corrected chi connectivity index (χ4v) is 2.28. The van der Waals surface area contributed by atoms with Crippen molar-refractivity contribution in [2.45, 2.75) is 26.2 Å². The molecule has 0 aliphatic rings. The average molecular weight is 277 g/mol. The Morgan fingerprint density at radius 1 is 1.25 bits per heavy atom. The number of hydrogen-bond donors (Lipinski definition) is 0. The van der Waals surface area contributed by atoms with E-state index >= 15 is 0 Å². The number of hydrogen-bond acceptors (Lipinski definition) is 3. The van der Waals surface area contributed by atoms with Crippen molar-refractivity contribution in [2.24, 2.45) is 5.92 Å². The van der Waals surface area contributed by atoms with E-state index in [1.54, 1.807) is 18.9 Å². The van der Waals surface area contributed by atoms with Crippen molar-refractivity contribution in [3.8, 4) is 0 Å². The predicted molar refractivity (Wildman–Crippen MR) is 78.3 cm³/mol. The van der Waals surface area contributed by atoms with Crippen LogP contribution in [0.25, 0.3) is 0 Å². The zero-order valence-electron chi connectivity index (χ0n) is 12.6. The van der Waals surface area contributed by atoms with Gasteiger partial charge in [0.1, 0.15) is 0 Å². The van der Waals surface area contributed by atoms with Gasteiger partial charge in [-0.3, -0.25) is 9.59 Å². The fourth-order valence-electron chi connectivity index (χ4n) is 2.28. The van der Waals surface area contributed by atoms with Crippen LogP contribution in [-0.2, 0) is 14.3 Å². The van der Waals surface area contributed by atoms with Crippen molar-refractivity contribution in [3.05, 3.63) is 35.9 Å². The normalized spacial score (nSPS) is 13.4. The number of likely N-dealkylation sites (N-methyl/N-ethyl adjacent to an activating group) is 1. The summed E-state index contributed by atoms with van der Waals surface area (Å²) in [7, 11) is 3.09. The predicted octanol–water partition coefficient (Wildman–Crippen LogP) is 2.45. The minimum Gasteiger partial charge on any atom is -0.469 e. The van der Waals surface area contributed by atoms with Crippen LogP contribution in [0.1, 0.15) is 31.7 Å². The van der Waals surface area contributed by atoms with E-state index in [0.29, 0.717) is 6.54 Å². The number of methoxy groups -OCH3 is 1. The number of carbonyl (C=O) groups excluding carboxylic acids is 2. The molecule has 0 aliphatic carbocycles. The number of esters is 1. The maximum Gasteiger partial charge on any atom is 0.310 e. The molecule has 20 heavy (non-hydrogen) atoms. The Bertz CT molecular complexity index is 444. The van der Waals surface area contributed by atoms with Crippen LogP contribution in [-0.4, -0.2) is 37.5 Å². The monoisotopic (exact) mass is 277 g/mol. The highest BCUT2D eigenvalue weighted by Crippen LogP contribution is 2.21. The summed E-state index contributed by atoms with van der Waals surface area (Å²) in [6.45, 7) is 4.13. The zero-order valence-corrected chi connectivity index (χ0v) is 12.6. The van der Waals surface area contributed by atoms with Gasteiger partial charge >= 0.3 is 5.97 Å². The third-order valence-corrected chi connectivity index (χ3v) is 3.44. The van der Waals surface area contributed by atoms with Crippen molar-refractivity contribution < 1.29 is 14.3 Å². The van der Waals surface area contributed by atoms with Gasteiger partial charge in [-0.1, -0.05) is 44.2 Å². The molecule has 0 fully saturated rings. The Balaban J connectivity index is 2.74. The highest BCUT2D eigenvalue weighted by atomic mass is 16.5. The molecular formula is C16H23NO3. The van der Waals surface area contributed by atoms with E-state index in [1.165, 1.54) is 7.11 Å². The fraction of sp³-hybridized carbons (Fsp3) is 0.500. The van der Waals surface area contributed by atoms with E-state index in [-0.39, 0.29) is 23.7 Å². The molecule has 0 heterocycles. The summed E-state index contributed by atoms with van der Waals surface area (Å²) in [5, 5.41) is 0. The van der Waals surface area contributed by atoms with E-state index < -0.39 is 0 Å². The molecule has 0 saturated carbocycles. The van der Waals surface area contributed by atoms with E-state index in [9.17, 15) is 9.59 Å². The maximum absolute atomic E-state index is 12.5. The number of ether oxygens (including phenoxy) is 1. The largest absolute Gasteiger partial charge is 0.469 e. The van der Waals surface area contributed by atoms with Gasteiger partial charge in [-0.25, -0.2) is 0 Å². The second-order valence-electron chi connectivity index (χ2n) is 5.01. The van der Waals surface area contributed by atoms with Crippen LogP contribution >= 0.6 is 0 Å². The average Bonchev–Trinajstić information content (AvgIpc) is 2.47. The summed E-state index contributed by atoms with van der Waals surface area (Å²) in [6, 6.07) is 9.72. The van der Waals surface area contributed by atoms with Crippen LogP contribution in [0.4, 0.5) is 0 Å². The van der Waals surface area contributed by atoms with Crippen LogP contribution in [0.15, 0.2) is 30.3 Å². The highest BCUT2D eigenvalue weighted by Gasteiger charge is 2.25. The third-order valence-electron chi connectivity index (χ3n) is 3.44. The zero-order chi connectivity index (χ0) is 15.1. The van der Waals surface area contributed by atoms with Gasteiger partial charge < -0.3 is 9.64 Å². The number of rotatable bonds is 6. The van der Waals surface area contributed by atoms with Gasteiger partial charge in [0.05, 0.1) is 18.9 Å². The molecule has 0 saturated heterocycles. The van der Waals surface area contributed by atoms with Crippen molar-refractivity contribution in [2.75, 3.05) is 20.7 Å². The van der Waals surface area contributed by atoms with Gasteiger partial charge in [-0.05, 0) is 12.0 Å². The van der Waals surface area contributed by atoms with E-state index in [1.807, 2.05) is 37.3 Å². The molecule has 4 heteroatoms. The molecule has 0 spiro atoms. The Kier molecular flexibility index (Phi) is 6.22. The molecular weight excluding hydrogens is 254 g/mol. The van der Waals surface area contributed by atoms with Crippen LogP contribution in [0.3, 0.4) is 0 Å². The summed E-state index contributed by atoms with van der Waals surface area (Å²) in [5.74, 6) is -0.736. The van der Waals surface area contributed by atoms with E-state index in [4.69, 9.17) is 0 Å². The number of amides is 1. The minimum absolute atomic E-state index is 0.0365. The summed E-state index contributed by atoms with van der Waals surface area (Å²) in [5.41, 5.74) is 1.01. The summed E-state index contributed by atoms with van der Waals surface area (Å²) < 4.78 is 4.69. The SMILES string of the molecule is CCC(C(=O)N(C)CC(C)C(=O)OC)c1ccccc1. The van der Waals surface area contributed by atoms with Crippen LogP contribution in [0, 0.1) is 5.92 Å². The molecule has 0 aliphatic heterocycles. The van der Waals surface area contributed by atoms with Crippen molar-refractivity contribution in [3.63, 3.8) is 0 Å². The quantitative estimate of drug-likeness (QED) is 0.750. The molecule has 4 nitrogen and oxygen atoms in total. The topological polar surface area (TPSA) is 46.6 Å². The van der Waals surface area contributed by atoms with Gasteiger partial charge in [0, 0.05) is 13.6 Å². The second kappa shape index (κ2) is 7.68. The van der Waals surface area contributed by atoms with Gasteiger partial charge in [-0.2, -0.15) is 0 Å². The van der Waals surface area contributed by atoms with Gasteiger partial charge in [-0.15, -0.1) is 0 Å². The van der Waals surface area contributed by atoms with Crippen LogP contribution in [0.2, 0.25) is 0 Å². The molecule has 1 amide bonds. The Morgan fingerprint density at radius 2 is 1.85 bits per heavy atom. The molecule has 110 valence electrons. The molecule has 0 bridgehead atoms. The molecule has 1 rings (SSSR count). The number of nitrogens with zero attached hydrogens (tertiary/aromatic N) is 1. The first-order valence-electron chi connectivity index (χ1n) is 6.89. The van der Waals surface area contributed by atoms with Crippen LogP contribution < -0.4 is 0 Å². The first-order chi connectivity index (χ1) is 9.51. The summed E-state index contributed by atoms with van der Waals surface area (Å²) >= 11 is 0. The van der Waals surface area contributed by atoms with Crippen molar-refractivity contribution >= 4 is 11.9 Å². The first-order valence-corrected chi connectivity index (χ1v) is 6.89. The molecule has 2 unspecified atom stereocenters. The lowest BCUT2D eigenvalue weighted by Crippen LogP contribution is -2.37. The Labute approximate surface area is 120 Å².